The standard InChI is InChI=1S/C18H21NO4S/c1-10-8-14(19)15(9-11(10)2)24-17(16(20)18(21)22)12-4-6-13(23-3)7-5-12/h4-9,16-17,20H,19H2,1-3H3,(H,21,22). The van der Waals surface area contributed by atoms with Crippen LogP contribution in [-0.4, -0.2) is 29.4 Å². The lowest BCUT2D eigenvalue weighted by Crippen LogP contribution is -2.26. The fraction of sp³-hybridized carbons (Fsp3) is 0.278. The number of hydrogen-bond acceptors (Lipinski definition) is 5. The fourth-order valence-electron chi connectivity index (χ4n) is 2.29. The Morgan fingerprint density at radius 1 is 1.17 bits per heavy atom. The Hall–Kier alpha value is -2.18. The molecule has 24 heavy (non-hydrogen) atoms. The van der Waals surface area contributed by atoms with Gasteiger partial charge in [0.1, 0.15) is 5.75 Å². The van der Waals surface area contributed by atoms with Crippen molar-refractivity contribution < 1.29 is 19.7 Å². The largest absolute Gasteiger partial charge is 0.497 e. The molecule has 0 heterocycles. The maximum Gasteiger partial charge on any atom is 0.334 e. The Morgan fingerprint density at radius 2 is 1.75 bits per heavy atom. The minimum absolute atomic E-state index is 0.569. The molecule has 0 radical (unpaired) electrons. The van der Waals surface area contributed by atoms with Crippen LogP contribution in [0.3, 0.4) is 0 Å². The van der Waals surface area contributed by atoms with Crippen LogP contribution in [0.5, 0.6) is 5.75 Å². The van der Waals surface area contributed by atoms with Crippen LogP contribution in [-0.2, 0) is 4.79 Å². The Labute approximate surface area is 145 Å². The molecule has 0 saturated carbocycles. The van der Waals surface area contributed by atoms with Crippen LogP contribution in [0.15, 0.2) is 41.3 Å². The number of carbonyl (C=O) groups is 1. The van der Waals surface area contributed by atoms with Crippen LogP contribution >= 0.6 is 11.8 Å². The molecule has 0 saturated heterocycles. The maximum absolute atomic E-state index is 11.3. The number of ether oxygens (including phenoxy) is 1. The molecule has 0 aliphatic rings. The number of carboxylic acids is 1. The van der Waals surface area contributed by atoms with E-state index in [0.717, 1.165) is 16.0 Å². The van der Waals surface area contributed by atoms with Gasteiger partial charge in [-0.15, -0.1) is 11.8 Å². The van der Waals surface area contributed by atoms with E-state index in [-0.39, 0.29) is 0 Å². The molecule has 2 atom stereocenters. The lowest BCUT2D eigenvalue weighted by Gasteiger charge is -2.21. The van der Waals surface area contributed by atoms with Crippen LogP contribution in [0.25, 0.3) is 0 Å². The molecule has 2 rings (SSSR count). The molecule has 2 unspecified atom stereocenters. The van der Waals surface area contributed by atoms with Crippen molar-refractivity contribution in [3.05, 3.63) is 53.1 Å². The average molecular weight is 347 g/mol. The van der Waals surface area contributed by atoms with Crippen LogP contribution in [0, 0.1) is 13.8 Å². The number of aliphatic hydroxyl groups excluding tert-OH is 1. The summed E-state index contributed by atoms with van der Waals surface area (Å²) in [6.45, 7) is 3.93. The molecular formula is C18H21NO4S. The minimum atomic E-state index is -1.55. The zero-order chi connectivity index (χ0) is 17.9. The zero-order valence-electron chi connectivity index (χ0n) is 13.8. The predicted molar refractivity (Wildman–Crippen MR) is 95.6 cm³/mol. The first-order valence-corrected chi connectivity index (χ1v) is 8.29. The van der Waals surface area contributed by atoms with Crippen molar-refractivity contribution in [1.29, 1.82) is 0 Å². The van der Waals surface area contributed by atoms with E-state index in [1.54, 1.807) is 31.4 Å². The predicted octanol–water partition coefficient (Wildman–Crippen LogP) is 3.17. The highest BCUT2D eigenvalue weighted by Gasteiger charge is 2.29. The number of anilines is 1. The number of aliphatic hydroxyl groups is 1. The first kappa shape index (κ1) is 18.2. The molecule has 0 bridgehead atoms. The molecule has 0 aromatic heterocycles. The summed E-state index contributed by atoms with van der Waals surface area (Å²) in [5.41, 5.74) is 9.45. The van der Waals surface area contributed by atoms with Gasteiger partial charge in [0.2, 0.25) is 0 Å². The van der Waals surface area contributed by atoms with E-state index in [0.29, 0.717) is 17.0 Å². The Kier molecular flexibility index (Phi) is 5.75. The monoisotopic (exact) mass is 347 g/mol. The summed E-state index contributed by atoms with van der Waals surface area (Å²) in [6, 6.07) is 10.7. The summed E-state index contributed by atoms with van der Waals surface area (Å²) in [4.78, 5) is 12.1. The van der Waals surface area contributed by atoms with E-state index in [4.69, 9.17) is 10.5 Å². The summed E-state index contributed by atoms with van der Waals surface area (Å²) >= 11 is 1.24. The van der Waals surface area contributed by atoms with E-state index in [1.165, 1.54) is 11.8 Å². The van der Waals surface area contributed by atoms with Crippen molar-refractivity contribution in [1.82, 2.24) is 0 Å². The zero-order valence-corrected chi connectivity index (χ0v) is 14.6. The molecule has 2 aromatic carbocycles. The third-order valence-electron chi connectivity index (χ3n) is 3.86. The third-order valence-corrected chi connectivity index (χ3v) is 5.26. The summed E-state index contributed by atoms with van der Waals surface area (Å²) in [5.74, 6) is -0.608. The van der Waals surface area contributed by atoms with Gasteiger partial charge >= 0.3 is 5.97 Å². The van der Waals surface area contributed by atoms with Gasteiger partial charge < -0.3 is 20.7 Å². The van der Waals surface area contributed by atoms with Gasteiger partial charge in [-0.25, -0.2) is 4.79 Å². The molecule has 128 valence electrons. The quantitative estimate of drug-likeness (QED) is 0.549. The van der Waals surface area contributed by atoms with Crippen molar-refractivity contribution in [2.75, 3.05) is 12.8 Å². The first-order chi connectivity index (χ1) is 11.3. The molecule has 0 amide bonds. The molecular weight excluding hydrogens is 326 g/mol. The second-order valence-electron chi connectivity index (χ2n) is 5.57. The van der Waals surface area contributed by atoms with Gasteiger partial charge in [0, 0.05) is 10.6 Å². The number of hydrogen-bond donors (Lipinski definition) is 3. The van der Waals surface area contributed by atoms with Gasteiger partial charge in [0.15, 0.2) is 6.10 Å². The van der Waals surface area contributed by atoms with E-state index in [2.05, 4.69) is 0 Å². The molecule has 0 aliphatic heterocycles. The van der Waals surface area contributed by atoms with Crippen LogP contribution in [0.2, 0.25) is 0 Å². The normalized spacial score (nSPS) is 13.3. The number of aliphatic carboxylic acids is 1. The maximum atomic E-state index is 11.3. The summed E-state index contributed by atoms with van der Waals surface area (Å²) in [5, 5.41) is 18.7. The molecule has 2 aromatic rings. The number of nitrogen functional groups attached to an aromatic ring is 1. The van der Waals surface area contributed by atoms with Gasteiger partial charge in [0.25, 0.3) is 0 Å². The molecule has 0 spiro atoms. The van der Waals surface area contributed by atoms with E-state index < -0.39 is 17.3 Å². The highest BCUT2D eigenvalue weighted by Crippen LogP contribution is 2.41. The lowest BCUT2D eigenvalue weighted by molar-refractivity contribution is -0.146. The molecule has 0 aliphatic carbocycles. The fourth-order valence-corrected chi connectivity index (χ4v) is 3.54. The number of nitrogens with two attached hydrogens (primary N) is 1. The number of carboxylic acid groups (broad SMARTS) is 1. The van der Waals surface area contributed by atoms with Gasteiger partial charge in [0.05, 0.1) is 12.4 Å². The average Bonchev–Trinajstić information content (AvgIpc) is 2.56. The van der Waals surface area contributed by atoms with Crippen LogP contribution in [0.4, 0.5) is 5.69 Å². The number of benzene rings is 2. The van der Waals surface area contributed by atoms with Gasteiger partial charge in [-0.2, -0.15) is 0 Å². The van der Waals surface area contributed by atoms with E-state index in [9.17, 15) is 15.0 Å². The molecule has 0 fully saturated rings. The summed E-state index contributed by atoms with van der Waals surface area (Å²) in [6.07, 6.45) is -1.55. The topological polar surface area (TPSA) is 92.8 Å². The number of rotatable bonds is 6. The molecule has 4 N–H and O–H groups in total. The van der Waals surface area contributed by atoms with Crippen molar-refractivity contribution in [2.45, 2.75) is 30.1 Å². The Bertz CT molecular complexity index is 731. The number of aryl methyl sites for hydroxylation is 2. The van der Waals surface area contributed by atoms with Crippen molar-refractivity contribution in [2.24, 2.45) is 0 Å². The highest BCUT2D eigenvalue weighted by molar-refractivity contribution is 7.99. The van der Waals surface area contributed by atoms with Crippen molar-refractivity contribution in [3.8, 4) is 5.75 Å². The van der Waals surface area contributed by atoms with Gasteiger partial charge in [-0.1, -0.05) is 12.1 Å². The number of thioether (sulfide) groups is 1. The molecule has 5 nitrogen and oxygen atoms in total. The SMILES string of the molecule is COc1ccc(C(Sc2cc(C)c(C)cc2N)C(O)C(=O)O)cc1. The summed E-state index contributed by atoms with van der Waals surface area (Å²) in [7, 11) is 1.56. The minimum Gasteiger partial charge on any atom is -0.497 e. The smallest absolute Gasteiger partial charge is 0.334 e. The second-order valence-corrected chi connectivity index (χ2v) is 6.75. The van der Waals surface area contributed by atoms with Crippen molar-refractivity contribution in [3.63, 3.8) is 0 Å². The first-order valence-electron chi connectivity index (χ1n) is 7.41. The van der Waals surface area contributed by atoms with Crippen molar-refractivity contribution >= 4 is 23.4 Å². The summed E-state index contributed by atoms with van der Waals surface area (Å²) < 4.78 is 5.12. The van der Waals surface area contributed by atoms with E-state index in [1.807, 2.05) is 26.0 Å². The van der Waals surface area contributed by atoms with Gasteiger partial charge in [-0.3, -0.25) is 0 Å². The number of methoxy groups -OCH3 is 1. The lowest BCUT2D eigenvalue weighted by atomic mass is 10.1. The van der Waals surface area contributed by atoms with E-state index >= 15 is 0 Å². The highest BCUT2D eigenvalue weighted by atomic mass is 32.2. The van der Waals surface area contributed by atoms with Crippen LogP contribution < -0.4 is 10.5 Å². The Balaban J connectivity index is 2.39. The van der Waals surface area contributed by atoms with Crippen LogP contribution in [0.1, 0.15) is 21.9 Å². The van der Waals surface area contributed by atoms with Gasteiger partial charge in [-0.05, 0) is 54.8 Å². The molecule has 6 heteroatoms. The third kappa shape index (κ3) is 4.01. The Morgan fingerprint density at radius 3 is 2.29 bits per heavy atom. The second kappa shape index (κ2) is 7.59.